The number of hydrogen-bond acceptors (Lipinski definition) is 2. The van der Waals surface area contributed by atoms with E-state index in [1.165, 1.54) is 6.07 Å². The maximum Gasteiger partial charge on any atom is 0.229 e. The van der Waals surface area contributed by atoms with Crippen LogP contribution in [0.25, 0.3) is 0 Å². The van der Waals surface area contributed by atoms with Gasteiger partial charge in [0.2, 0.25) is 5.91 Å². The van der Waals surface area contributed by atoms with Gasteiger partial charge in [0.1, 0.15) is 5.82 Å². The van der Waals surface area contributed by atoms with Crippen molar-refractivity contribution in [3.8, 4) is 0 Å². The molecule has 3 N–H and O–H groups in total. The minimum absolute atomic E-state index is 0.172. The standard InChI is InChI=1S/C15H21FN2O/c1-10-6-7-12(16)13(9-10)18-14(19)11-5-3-4-8-15(11,2)17/h6-7,9,11H,3-5,8,17H2,1-2H3,(H,18,19). The second-order valence-electron chi connectivity index (χ2n) is 5.78. The van der Waals surface area contributed by atoms with E-state index in [-0.39, 0.29) is 17.5 Å². The lowest BCUT2D eigenvalue weighted by Crippen LogP contribution is -2.51. The van der Waals surface area contributed by atoms with E-state index < -0.39 is 11.4 Å². The van der Waals surface area contributed by atoms with Gasteiger partial charge in [0.25, 0.3) is 0 Å². The summed E-state index contributed by atoms with van der Waals surface area (Å²) in [5.74, 6) is -0.830. The van der Waals surface area contributed by atoms with Crippen LogP contribution >= 0.6 is 0 Å². The summed E-state index contributed by atoms with van der Waals surface area (Å²) in [6.45, 7) is 3.77. The Hall–Kier alpha value is -1.42. The Balaban J connectivity index is 2.14. The predicted molar refractivity (Wildman–Crippen MR) is 74.3 cm³/mol. The molecule has 1 saturated carbocycles. The van der Waals surface area contributed by atoms with E-state index >= 15 is 0 Å². The number of rotatable bonds is 2. The highest BCUT2D eigenvalue weighted by Crippen LogP contribution is 2.32. The molecule has 2 atom stereocenters. The summed E-state index contributed by atoms with van der Waals surface area (Å²) >= 11 is 0. The van der Waals surface area contributed by atoms with Crippen LogP contribution in [0, 0.1) is 18.7 Å². The first-order valence-electron chi connectivity index (χ1n) is 6.76. The molecule has 0 bridgehead atoms. The normalized spacial score (nSPS) is 27.1. The summed E-state index contributed by atoms with van der Waals surface area (Å²) < 4.78 is 13.6. The maximum absolute atomic E-state index is 13.6. The third-order valence-electron chi connectivity index (χ3n) is 3.95. The van der Waals surface area contributed by atoms with E-state index in [0.29, 0.717) is 0 Å². The van der Waals surface area contributed by atoms with Crippen LogP contribution in [0.15, 0.2) is 18.2 Å². The van der Waals surface area contributed by atoms with Gasteiger partial charge in [0.05, 0.1) is 11.6 Å². The summed E-state index contributed by atoms with van der Waals surface area (Å²) in [4.78, 5) is 12.3. The Morgan fingerprint density at radius 1 is 1.47 bits per heavy atom. The van der Waals surface area contributed by atoms with Crippen LogP contribution in [0.1, 0.15) is 38.2 Å². The van der Waals surface area contributed by atoms with Crippen molar-refractivity contribution < 1.29 is 9.18 Å². The molecule has 19 heavy (non-hydrogen) atoms. The first-order chi connectivity index (χ1) is 8.90. The highest BCUT2D eigenvalue weighted by molar-refractivity contribution is 5.93. The zero-order valence-electron chi connectivity index (χ0n) is 11.5. The van der Waals surface area contributed by atoms with Crippen LogP contribution in [-0.2, 0) is 4.79 Å². The van der Waals surface area contributed by atoms with Crippen LogP contribution in [-0.4, -0.2) is 11.4 Å². The van der Waals surface area contributed by atoms with Crippen molar-refractivity contribution in [1.29, 1.82) is 0 Å². The molecule has 0 aliphatic heterocycles. The smallest absolute Gasteiger partial charge is 0.229 e. The molecule has 0 saturated heterocycles. The van der Waals surface area contributed by atoms with Gasteiger partial charge in [-0.15, -0.1) is 0 Å². The predicted octanol–water partition coefficient (Wildman–Crippen LogP) is 2.98. The summed E-state index contributed by atoms with van der Waals surface area (Å²) in [5, 5.41) is 2.68. The molecule has 0 heterocycles. The van der Waals surface area contributed by atoms with Gasteiger partial charge in [0.15, 0.2) is 0 Å². The minimum atomic E-state index is -0.497. The van der Waals surface area contributed by atoms with Gasteiger partial charge < -0.3 is 11.1 Å². The molecule has 0 radical (unpaired) electrons. The second kappa shape index (κ2) is 5.29. The van der Waals surface area contributed by atoms with Gasteiger partial charge in [0, 0.05) is 5.54 Å². The van der Waals surface area contributed by atoms with Crippen molar-refractivity contribution >= 4 is 11.6 Å². The monoisotopic (exact) mass is 264 g/mol. The number of anilines is 1. The molecule has 1 aliphatic rings. The lowest BCUT2D eigenvalue weighted by atomic mass is 9.74. The molecule has 1 fully saturated rings. The molecule has 2 rings (SSSR count). The molecule has 1 aromatic carbocycles. The Bertz CT molecular complexity index is 485. The molecule has 1 aromatic rings. The molecule has 0 spiro atoms. The molecular weight excluding hydrogens is 243 g/mol. The molecule has 2 unspecified atom stereocenters. The van der Waals surface area contributed by atoms with Crippen molar-refractivity contribution in [2.75, 3.05) is 5.32 Å². The zero-order valence-corrected chi connectivity index (χ0v) is 11.5. The number of benzene rings is 1. The van der Waals surface area contributed by atoms with Gasteiger partial charge in [-0.25, -0.2) is 4.39 Å². The number of aryl methyl sites for hydroxylation is 1. The minimum Gasteiger partial charge on any atom is -0.325 e. The summed E-state index contributed by atoms with van der Waals surface area (Å²) in [5.41, 5.74) is 6.85. The first-order valence-corrected chi connectivity index (χ1v) is 6.76. The molecule has 3 nitrogen and oxygen atoms in total. The first kappa shape index (κ1) is 14.0. The lowest BCUT2D eigenvalue weighted by molar-refractivity contribution is -0.122. The Kier molecular flexibility index (Phi) is 3.90. The summed E-state index contributed by atoms with van der Waals surface area (Å²) in [6, 6.07) is 4.69. The van der Waals surface area contributed by atoms with Gasteiger partial charge in [-0.2, -0.15) is 0 Å². The SMILES string of the molecule is Cc1ccc(F)c(NC(=O)C2CCCCC2(C)N)c1. The van der Waals surface area contributed by atoms with E-state index in [0.717, 1.165) is 31.2 Å². The fourth-order valence-electron chi connectivity index (χ4n) is 2.74. The molecule has 4 heteroatoms. The molecule has 1 amide bonds. The van der Waals surface area contributed by atoms with E-state index in [9.17, 15) is 9.18 Å². The number of carbonyl (C=O) groups excluding carboxylic acids is 1. The number of nitrogens with one attached hydrogen (secondary N) is 1. The molecule has 104 valence electrons. The quantitative estimate of drug-likeness (QED) is 0.862. The van der Waals surface area contributed by atoms with Crippen LogP contribution in [0.2, 0.25) is 0 Å². The van der Waals surface area contributed by atoms with E-state index in [4.69, 9.17) is 5.73 Å². The highest BCUT2D eigenvalue weighted by atomic mass is 19.1. The van der Waals surface area contributed by atoms with E-state index in [2.05, 4.69) is 5.32 Å². The maximum atomic E-state index is 13.6. The zero-order chi connectivity index (χ0) is 14.0. The van der Waals surface area contributed by atoms with Crippen LogP contribution in [0.4, 0.5) is 10.1 Å². The average Bonchev–Trinajstić information content (AvgIpc) is 2.33. The Morgan fingerprint density at radius 2 is 2.21 bits per heavy atom. The van der Waals surface area contributed by atoms with E-state index in [1.54, 1.807) is 12.1 Å². The number of amides is 1. The Morgan fingerprint density at radius 3 is 2.89 bits per heavy atom. The van der Waals surface area contributed by atoms with Gasteiger partial charge in [-0.3, -0.25) is 4.79 Å². The third kappa shape index (κ3) is 3.13. The summed E-state index contributed by atoms with van der Waals surface area (Å²) in [6.07, 6.45) is 3.66. The van der Waals surface area contributed by atoms with Crippen molar-refractivity contribution in [3.05, 3.63) is 29.6 Å². The summed E-state index contributed by atoms with van der Waals surface area (Å²) in [7, 11) is 0. The van der Waals surface area contributed by atoms with Crippen molar-refractivity contribution in [2.24, 2.45) is 11.7 Å². The van der Waals surface area contributed by atoms with Gasteiger partial charge >= 0.3 is 0 Å². The number of carbonyl (C=O) groups is 1. The highest BCUT2D eigenvalue weighted by Gasteiger charge is 2.37. The van der Waals surface area contributed by atoms with Crippen LogP contribution < -0.4 is 11.1 Å². The Labute approximate surface area is 113 Å². The van der Waals surface area contributed by atoms with E-state index in [1.807, 2.05) is 13.8 Å². The number of nitrogens with two attached hydrogens (primary N) is 1. The fraction of sp³-hybridized carbons (Fsp3) is 0.533. The van der Waals surface area contributed by atoms with Crippen LogP contribution in [0.3, 0.4) is 0 Å². The average molecular weight is 264 g/mol. The van der Waals surface area contributed by atoms with Crippen LogP contribution in [0.5, 0.6) is 0 Å². The van der Waals surface area contributed by atoms with Crippen molar-refractivity contribution in [3.63, 3.8) is 0 Å². The molecular formula is C15H21FN2O. The number of hydrogen-bond donors (Lipinski definition) is 2. The largest absolute Gasteiger partial charge is 0.325 e. The topological polar surface area (TPSA) is 55.1 Å². The van der Waals surface area contributed by atoms with Gasteiger partial charge in [-0.05, 0) is 44.4 Å². The lowest BCUT2D eigenvalue weighted by Gasteiger charge is -2.37. The fourth-order valence-corrected chi connectivity index (χ4v) is 2.74. The molecule has 1 aliphatic carbocycles. The van der Waals surface area contributed by atoms with Gasteiger partial charge in [-0.1, -0.05) is 18.9 Å². The van der Waals surface area contributed by atoms with Crippen molar-refractivity contribution in [2.45, 2.75) is 45.1 Å². The molecule has 0 aromatic heterocycles. The van der Waals surface area contributed by atoms with Crippen molar-refractivity contribution in [1.82, 2.24) is 0 Å². The third-order valence-corrected chi connectivity index (χ3v) is 3.95. The number of halogens is 1. The second-order valence-corrected chi connectivity index (χ2v) is 5.78.